The Labute approximate surface area is 238 Å². The zero-order chi connectivity index (χ0) is 28.3. The number of carbonyl (C=O) groups excluding carboxylic acids is 1. The van der Waals surface area contributed by atoms with Gasteiger partial charge >= 0.3 is 0 Å². The van der Waals surface area contributed by atoms with E-state index in [1.165, 1.54) is 23.8 Å². The lowest BCUT2D eigenvalue weighted by molar-refractivity contribution is 0.0788. The van der Waals surface area contributed by atoms with Crippen LogP contribution in [0.15, 0.2) is 79.0 Å². The van der Waals surface area contributed by atoms with Crippen molar-refractivity contribution in [2.45, 2.75) is 37.6 Å². The van der Waals surface area contributed by atoms with Gasteiger partial charge in [-0.15, -0.1) is 0 Å². The first-order chi connectivity index (χ1) is 20.0. The molecular weight excluding hydrogens is 520 g/mol. The van der Waals surface area contributed by atoms with E-state index in [1.54, 1.807) is 35.1 Å². The van der Waals surface area contributed by atoms with Crippen LogP contribution in [0.4, 0.5) is 8.78 Å². The molecule has 2 aliphatic rings. The number of hydrogen-bond donors (Lipinski definition) is 0. The molecule has 3 heterocycles. The molecule has 1 atom stereocenters. The summed E-state index contributed by atoms with van der Waals surface area (Å²) in [6.45, 7) is 3.56. The SMILES string of the molecule is N#Cc1cc(CN2CCC(c3c(C(=O)N4CC[C@H](c5ccccc5)C4)cnn3-c3ccc(F)cc3)CC2)ccc1F. The molecule has 0 saturated carbocycles. The Morgan fingerprint density at radius 2 is 1.66 bits per heavy atom. The van der Waals surface area contributed by atoms with Crippen molar-refractivity contribution in [1.29, 1.82) is 5.26 Å². The van der Waals surface area contributed by atoms with E-state index in [0.29, 0.717) is 31.1 Å². The Morgan fingerprint density at radius 1 is 0.927 bits per heavy atom. The van der Waals surface area contributed by atoms with Crippen molar-refractivity contribution in [2.75, 3.05) is 26.2 Å². The highest BCUT2D eigenvalue weighted by molar-refractivity contribution is 5.95. The third kappa shape index (κ3) is 5.63. The maximum absolute atomic E-state index is 13.9. The van der Waals surface area contributed by atoms with Crippen LogP contribution in [-0.4, -0.2) is 51.7 Å². The van der Waals surface area contributed by atoms with Gasteiger partial charge in [0.2, 0.25) is 0 Å². The quantitative estimate of drug-likeness (QED) is 0.294. The van der Waals surface area contributed by atoms with Crippen LogP contribution in [0, 0.1) is 23.0 Å². The van der Waals surface area contributed by atoms with Crippen LogP contribution in [0.5, 0.6) is 0 Å². The molecule has 0 spiro atoms. The Kier molecular flexibility index (Phi) is 7.62. The number of amides is 1. The summed E-state index contributed by atoms with van der Waals surface area (Å²) in [5, 5.41) is 13.8. The van der Waals surface area contributed by atoms with Gasteiger partial charge in [-0.1, -0.05) is 36.4 Å². The van der Waals surface area contributed by atoms with Gasteiger partial charge in [-0.3, -0.25) is 9.69 Å². The summed E-state index contributed by atoms with van der Waals surface area (Å²) in [6, 6.07) is 23.1. The molecule has 0 unspecified atom stereocenters. The van der Waals surface area contributed by atoms with Gasteiger partial charge < -0.3 is 4.90 Å². The summed E-state index contributed by atoms with van der Waals surface area (Å²) in [5.74, 6) is -0.435. The Hall–Kier alpha value is -4.35. The Morgan fingerprint density at radius 3 is 2.39 bits per heavy atom. The van der Waals surface area contributed by atoms with Gasteiger partial charge in [0.1, 0.15) is 17.7 Å². The van der Waals surface area contributed by atoms with Gasteiger partial charge in [-0.2, -0.15) is 10.4 Å². The fourth-order valence-corrected chi connectivity index (χ4v) is 6.20. The number of nitrogens with zero attached hydrogens (tertiary/aromatic N) is 5. The predicted molar refractivity (Wildman–Crippen MR) is 152 cm³/mol. The normalized spacial score (nSPS) is 18.0. The number of nitriles is 1. The number of likely N-dealkylation sites (tertiary alicyclic amines) is 2. The van der Waals surface area contributed by atoms with E-state index in [2.05, 4.69) is 22.1 Å². The second kappa shape index (κ2) is 11.6. The van der Waals surface area contributed by atoms with Crippen LogP contribution in [0.1, 0.15) is 63.8 Å². The highest BCUT2D eigenvalue weighted by Crippen LogP contribution is 2.35. The van der Waals surface area contributed by atoms with Crippen molar-refractivity contribution in [3.63, 3.8) is 0 Å². The Balaban J connectivity index is 1.23. The van der Waals surface area contributed by atoms with Crippen molar-refractivity contribution in [2.24, 2.45) is 0 Å². The summed E-state index contributed by atoms with van der Waals surface area (Å²) in [4.78, 5) is 18.1. The fourth-order valence-electron chi connectivity index (χ4n) is 6.20. The number of aromatic nitrogens is 2. The van der Waals surface area contributed by atoms with Gasteiger partial charge in [0.15, 0.2) is 0 Å². The second-order valence-electron chi connectivity index (χ2n) is 11.0. The monoisotopic (exact) mass is 551 g/mol. The average Bonchev–Trinajstić information content (AvgIpc) is 3.68. The van der Waals surface area contributed by atoms with Gasteiger partial charge in [0, 0.05) is 31.5 Å². The van der Waals surface area contributed by atoms with E-state index in [4.69, 9.17) is 0 Å². The number of rotatable bonds is 6. The van der Waals surface area contributed by atoms with Crippen LogP contribution in [-0.2, 0) is 6.54 Å². The number of piperidine rings is 1. The van der Waals surface area contributed by atoms with Crippen molar-refractivity contribution in [3.05, 3.63) is 119 Å². The van der Waals surface area contributed by atoms with Crippen LogP contribution in [0.2, 0.25) is 0 Å². The van der Waals surface area contributed by atoms with E-state index in [9.17, 15) is 18.8 Å². The number of carbonyl (C=O) groups is 1. The summed E-state index contributed by atoms with van der Waals surface area (Å²) >= 11 is 0. The molecule has 3 aromatic carbocycles. The first kappa shape index (κ1) is 26.9. The topological polar surface area (TPSA) is 65.2 Å². The van der Waals surface area contributed by atoms with Crippen molar-refractivity contribution in [3.8, 4) is 11.8 Å². The van der Waals surface area contributed by atoms with Crippen LogP contribution in [0.3, 0.4) is 0 Å². The van der Waals surface area contributed by atoms with Crippen LogP contribution < -0.4 is 0 Å². The molecule has 6 rings (SSSR count). The van der Waals surface area contributed by atoms with E-state index in [0.717, 1.165) is 49.3 Å². The standard InChI is InChI=1S/C33H31F2N5O/c34-28-7-9-29(10-8-28)40-32(25-12-15-38(16-13-25)21-23-6-11-31(35)27(18-23)19-36)30(20-37-40)33(41)39-17-14-26(22-39)24-4-2-1-3-5-24/h1-11,18,20,25-26H,12-17,21-22H2/t26-/m0/s1. The number of benzene rings is 3. The summed E-state index contributed by atoms with van der Waals surface area (Å²) in [5.41, 5.74) is 4.41. The minimum absolute atomic E-state index is 0.00966. The molecule has 2 aliphatic heterocycles. The van der Waals surface area contributed by atoms with E-state index in [-0.39, 0.29) is 23.2 Å². The maximum atomic E-state index is 13.9. The average molecular weight is 552 g/mol. The molecule has 2 saturated heterocycles. The molecular formula is C33H31F2N5O. The lowest BCUT2D eigenvalue weighted by Gasteiger charge is -2.33. The summed E-state index contributed by atoms with van der Waals surface area (Å²) < 4.78 is 29.3. The maximum Gasteiger partial charge on any atom is 0.257 e. The largest absolute Gasteiger partial charge is 0.338 e. The summed E-state index contributed by atoms with van der Waals surface area (Å²) in [6.07, 6.45) is 4.22. The smallest absolute Gasteiger partial charge is 0.257 e. The molecule has 0 N–H and O–H groups in total. The molecule has 2 fully saturated rings. The Bertz CT molecular complexity index is 1570. The van der Waals surface area contributed by atoms with Gasteiger partial charge in [0.25, 0.3) is 5.91 Å². The van der Waals surface area contributed by atoms with Gasteiger partial charge in [-0.05, 0) is 79.9 Å². The molecule has 0 aliphatic carbocycles. The minimum atomic E-state index is -0.505. The highest BCUT2D eigenvalue weighted by Gasteiger charge is 2.34. The molecule has 1 aromatic heterocycles. The van der Waals surface area contributed by atoms with Crippen molar-refractivity contribution >= 4 is 5.91 Å². The number of halogens is 2. The second-order valence-corrected chi connectivity index (χ2v) is 11.0. The molecule has 1 amide bonds. The number of hydrogen-bond acceptors (Lipinski definition) is 4. The lowest BCUT2D eigenvalue weighted by atomic mass is 9.90. The van der Waals surface area contributed by atoms with Crippen LogP contribution in [0.25, 0.3) is 5.69 Å². The van der Waals surface area contributed by atoms with Gasteiger partial charge in [-0.25, -0.2) is 13.5 Å². The van der Waals surface area contributed by atoms with Crippen LogP contribution >= 0.6 is 0 Å². The lowest BCUT2D eigenvalue weighted by Crippen LogP contribution is -2.34. The van der Waals surface area contributed by atoms with Crippen molar-refractivity contribution in [1.82, 2.24) is 19.6 Å². The van der Waals surface area contributed by atoms with E-state index < -0.39 is 5.82 Å². The highest BCUT2D eigenvalue weighted by atomic mass is 19.1. The summed E-state index contributed by atoms with van der Waals surface area (Å²) in [7, 11) is 0. The van der Waals surface area contributed by atoms with E-state index in [1.807, 2.05) is 29.2 Å². The first-order valence-electron chi connectivity index (χ1n) is 14.1. The molecule has 0 radical (unpaired) electrons. The van der Waals surface area contributed by atoms with Crippen molar-refractivity contribution < 1.29 is 13.6 Å². The molecule has 6 nitrogen and oxygen atoms in total. The minimum Gasteiger partial charge on any atom is -0.338 e. The third-order valence-electron chi connectivity index (χ3n) is 8.39. The first-order valence-corrected chi connectivity index (χ1v) is 14.1. The predicted octanol–water partition coefficient (Wildman–Crippen LogP) is 6.03. The molecule has 4 aromatic rings. The van der Waals surface area contributed by atoms with E-state index >= 15 is 0 Å². The molecule has 41 heavy (non-hydrogen) atoms. The zero-order valence-corrected chi connectivity index (χ0v) is 22.7. The van der Waals surface area contributed by atoms with Gasteiger partial charge in [0.05, 0.1) is 28.7 Å². The molecule has 208 valence electrons. The molecule has 0 bridgehead atoms. The fraction of sp³-hybridized carbons (Fsp3) is 0.303. The molecule has 8 heteroatoms. The third-order valence-corrected chi connectivity index (χ3v) is 8.39. The zero-order valence-electron chi connectivity index (χ0n) is 22.7.